The fraction of sp³-hybridized carbons (Fsp3) is 0.310. The zero-order valence-corrected chi connectivity index (χ0v) is 20.7. The maximum absolute atomic E-state index is 11.8. The fourth-order valence-electron chi connectivity index (χ4n) is 4.77. The summed E-state index contributed by atoms with van der Waals surface area (Å²) in [4.78, 5) is 23.5. The maximum atomic E-state index is 11.8. The smallest absolute Gasteiger partial charge is 0.303 e. The lowest BCUT2D eigenvalue weighted by molar-refractivity contribution is -0.264. The largest absolute Gasteiger partial charge is 0.457 e. The molecule has 0 saturated carbocycles. The molecule has 37 heavy (non-hydrogen) atoms. The van der Waals surface area contributed by atoms with Crippen LogP contribution in [0.25, 0.3) is 0 Å². The number of carbonyl (C=O) groups is 2. The van der Waals surface area contributed by atoms with Gasteiger partial charge in [0.2, 0.25) is 5.91 Å². The second-order valence-electron chi connectivity index (χ2n) is 8.95. The van der Waals surface area contributed by atoms with E-state index in [1.54, 1.807) is 0 Å². The van der Waals surface area contributed by atoms with E-state index in [2.05, 4.69) is 5.32 Å². The van der Waals surface area contributed by atoms with E-state index in [-0.39, 0.29) is 6.61 Å². The van der Waals surface area contributed by atoms with Crippen molar-refractivity contribution in [2.45, 2.75) is 50.1 Å². The van der Waals surface area contributed by atoms with Crippen LogP contribution in [-0.4, -0.2) is 59.3 Å². The van der Waals surface area contributed by atoms with Crippen molar-refractivity contribution in [1.82, 2.24) is 5.32 Å². The number of hydrogen-bond acceptors (Lipinski definition) is 7. The van der Waals surface area contributed by atoms with Gasteiger partial charge in [0.05, 0.1) is 6.61 Å². The monoisotopic (exact) mass is 505 g/mol. The summed E-state index contributed by atoms with van der Waals surface area (Å²) in [5.41, 5.74) is 1.48. The topological polar surface area (TPSA) is 114 Å². The first kappa shape index (κ1) is 26.5. The van der Waals surface area contributed by atoms with Crippen molar-refractivity contribution in [2.75, 3.05) is 6.61 Å². The Hall–Kier alpha value is -3.56. The molecule has 5 atom stereocenters. The van der Waals surface area contributed by atoms with E-state index in [0.29, 0.717) is 0 Å². The van der Waals surface area contributed by atoms with Crippen LogP contribution in [0.5, 0.6) is 0 Å². The molecule has 1 amide bonds. The summed E-state index contributed by atoms with van der Waals surface area (Å²) in [7, 11) is 0. The number of benzene rings is 3. The van der Waals surface area contributed by atoms with Crippen molar-refractivity contribution in [3.8, 4) is 0 Å². The van der Waals surface area contributed by atoms with Gasteiger partial charge in [-0.05, 0) is 16.7 Å². The zero-order chi connectivity index (χ0) is 26.4. The molecule has 4 rings (SSSR count). The van der Waals surface area contributed by atoms with Crippen molar-refractivity contribution < 1.29 is 34.0 Å². The summed E-state index contributed by atoms with van der Waals surface area (Å²) in [6.07, 6.45) is -5.23. The third-order valence-corrected chi connectivity index (χ3v) is 6.37. The molecule has 3 N–H and O–H groups in total. The number of amides is 1. The molecule has 0 radical (unpaired) electrons. The lowest BCUT2D eigenvalue weighted by atomic mass is 9.80. The van der Waals surface area contributed by atoms with Gasteiger partial charge < -0.3 is 29.7 Å². The van der Waals surface area contributed by atoms with Gasteiger partial charge in [-0.25, -0.2) is 0 Å². The molecule has 1 saturated heterocycles. The fourth-order valence-corrected chi connectivity index (χ4v) is 4.77. The molecule has 3 aromatic carbocycles. The highest BCUT2D eigenvalue weighted by Crippen LogP contribution is 2.41. The van der Waals surface area contributed by atoms with Crippen molar-refractivity contribution in [2.24, 2.45) is 0 Å². The van der Waals surface area contributed by atoms with Gasteiger partial charge >= 0.3 is 5.97 Å². The lowest BCUT2D eigenvalue weighted by Gasteiger charge is -2.44. The molecule has 1 aliphatic rings. The molecule has 0 aliphatic carbocycles. The van der Waals surface area contributed by atoms with Gasteiger partial charge in [-0.15, -0.1) is 0 Å². The van der Waals surface area contributed by atoms with Crippen LogP contribution in [-0.2, 0) is 29.4 Å². The van der Waals surface area contributed by atoms with E-state index in [9.17, 15) is 19.8 Å². The Morgan fingerprint density at radius 1 is 0.838 bits per heavy atom. The van der Waals surface area contributed by atoms with Crippen LogP contribution in [0.4, 0.5) is 0 Å². The molecule has 1 aliphatic heterocycles. The third-order valence-electron chi connectivity index (χ3n) is 6.37. The first-order valence-electron chi connectivity index (χ1n) is 12.1. The van der Waals surface area contributed by atoms with E-state index < -0.39 is 48.1 Å². The van der Waals surface area contributed by atoms with Gasteiger partial charge in [0, 0.05) is 13.8 Å². The van der Waals surface area contributed by atoms with Crippen molar-refractivity contribution in [3.63, 3.8) is 0 Å². The number of carbonyl (C=O) groups excluding carboxylic acids is 2. The predicted molar refractivity (Wildman–Crippen MR) is 135 cm³/mol. The molecule has 1 heterocycles. The number of nitrogens with one attached hydrogen (secondary N) is 1. The molecule has 0 spiro atoms. The number of ether oxygens (including phenoxy) is 3. The quantitative estimate of drug-likeness (QED) is 0.318. The summed E-state index contributed by atoms with van der Waals surface area (Å²) in [5.74, 6) is -1.14. The van der Waals surface area contributed by atoms with Gasteiger partial charge in [0.15, 0.2) is 12.4 Å². The second kappa shape index (κ2) is 11.7. The third kappa shape index (κ3) is 5.73. The highest BCUT2D eigenvalue weighted by atomic mass is 16.6. The first-order chi connectivity index (χ1) is 17.8. The van der Waals surface area contributed by atoms with E-state index in [1.807, 2.05) is 91.0 Å². The predicted octanol–water partition coefficient (Wildman–Crippen LogP) is 2.51. The summed E-state index contributed by atoms with van der Waals surface area (Å²) in [6, 6.07) is 27.9. The highest BCUT2D eigenvalue weighted by molar-refractivity contribution is 5.73. The van der Waals surface area contributed by atoms with Crippen LogP contribution in [0.3, 0.4) is 0 Å². The maximum Gasteiger partial charge on any atom is 0.303 e. The van der Waals surface area contributed by atoms with Gasteiger partial charge in [0.1, 0.15) is 23.9 Å². The standard InChI is InChI=1S/C29H31NO7/c1-19(31)30-25-27(36-20(2)32)26(33)24(37-28(25)34)18-35-29(21-12-6-3-7-13-21,22-14-8-4-9-15-22)23-16-10-5-11-17-23/h3-17,24-28,33-34H,18H2,1-2H3,(H,30,31)/t24-,25+,26+,27-,28-/m0/s1. The minimum atomic E-state index is -1.54. The molecule has 194 valence electrons. The van der Waals surface area contributed by atoms with Gasteiger partial charge in [-0.3, -0.25) is 9.59 Å². The molecular formula is C29H31NO7. The number of rotatable bonds is 8. The van der Waals surface area contributed by atoms with Crippen LogP contribution in [0.15, 0.2) is 91.0 Å². The van der Waals surface area contributed by atoms with E-state index in [0.717, 1.165) is 16.7 Å². The number of esters is 1. The Morgan fingerprint density at radius 3 is 1.70 bits per heavy atom. The Bertz CT molecular complexity index is 1080. The SMILES string of the molecule is CC(=O)N[C@@H]1[C@H](OC(C)=O)[C@H](O)[C@H](COC(c2ccccc2)(c2ccccc2)c2ccccc2)O[C@@H]1O. The molecule has 3 aromatic rings. The summed E-state index contributed by atoms with van der Waals surface area (Å²) in [5, 5.41) is 24.3. The Kier molecular flexibility index (Phi) is 8.35. The van der Waals surface area contributed by atoms with Gasteiger partial charge in [-0.2, -0.15) is 0 Å². The van der Waals surface area contributed by atoms with Crippen molar-refractivity contribution in [1.29, 1.82) is 0 Å². The molecule has 8 nitrogen and oxygen atoms in total. The summed E-state index contributed by atoms with van der Waals surface area (Å²) >= 11 is 0. The Labute approximate surface area is 215 Å². The molecule has 0 aromatic heterocycles. The van der Waals surface area contributed by atoms with Crippen LogP contribution in [0.2, 0.25) is 0 Å². The number of aliphatic hydroxyl groups excluding tert-OH is 2. The van der Waals surface area contributed by atoms with E-state index >= 15 is 0 Å². The summed E-state index contributed by atoms with van der Waals surface area (Å²) < 4.78 is 17.7. The average Bonchev–Trinajstić information content (AvgIpc) is 2.90. The molecule has 0 bridgehead atoms. The van der Waals surface area contributed by atoms with Crippen LogP contribution >= 0.6 is 0 Å². The Balaban J connectivity index is 1.73. The minimum absolute atomic E-state index is 0.165. The molecule has 8 heteroatoms. The zero-order valence-electron chi connectivity index (χ0n) is 20.7. The molecular weight excluding hydrogens is 474 g/mol. The van der Waals surface area contributed by atoms with Gasteiger partial charge in [0.25, 0.3) is 0 Å². The first-order valence-corrected chi connectivity index (χ1v) is 12.1. The van der Waals surface area contributed by atoms with Gasteiger partial charge in [-0.1, -0.05) is 91.0 Å². The van der Waals surface area contributed by atoms with Crippen LogP contribution in [0, 0.1) is 0 Å². The number of aliphatic hydroxyl groups is 2. The number of hydrogen-bond donors (Lipinski definition) is 3. The Morgan fingerprint density at radius 2 is 1.30 bits per heavy atom. The highest BCUT2D eigenvalue weighted by Gasteiger charge is 2.48. The average molecular weight is 506 g/mol. The van der Waals surface area contributed by atoms with Crippen LogP contribution < -0.4 is 5.32 Å². The second-order valence-corrected chi connectivity index (χ2v) is 8.95. The van der Waals surface area contributed by atoms with E-state index in [4.69, 9.17) is 14.2 Å². The van der Waals surface area contributed by atoms with Crippen molar-refractivity contribution in [3.05, 3.63) is 108 Å². The normalized spacial score (nSPS) is 23.7. The minimum Gasteiger partial charge on any atom is -0.457 e. The van der Waals surface area contributed by atoms with Crippen LogP contribution in [0.1, 0.15) is 30.5 Å². The van der Waals surface area contributed by atoms with E-state index in [1.165, 1.54) is 13.8 Å². The van der Waals surface area contributed by atoms with Crippen molar-refractivity contribution >= 4 is 11.9 Å². The molecule has 0 unspecified atom stereocenters. The summed E-state index contributed by atoms with van der Waals surface area (Å²) in [6.45, 7) is 2.28. The lowest BCUT2D eigenvalue weighted by Crippen LogP contribution is -2.65. The molecule has 1 fully saturated rings.